The number of rotatable bonds is 7. The summed E-state index contributed by atoms with van der Waals surface area (Å²) in [6.07, 6.45) is 0.564. The summed E-state index contributed by atoms with van der Waals surface area (Å²) < 4.78 is 28.1. The average Bonchev–Trinajstić information content (AvgIpc) is 2.47. The van der Waals surface area contributed by atoms with Crippen molar-refractivity contribution >= 4 is 40.0 Å². The molecule has 0 saturated carbocycles. The first-order valence-corrected chi connectivity index (χ1v) is 8.62. The lowest BCUT2D eigenvalue weighted by molar-refractivity contribution is 0.402. The fraction of sp³-hybridized carbons (Fsp3) is 0.500. The minimum absolute atomic E-state index is 0. The van der Waals surface area contributed by atoms with E-state index in [1.807, 2.05) is 18.7 Å². The van der Waals surface area contributed by atoms with Crippen LogP contribution in [0.5, 0.6) is 5.75 Å². The SMILES string of the molecule is CCN(CC)C(N)=NCCc1ccc(OC)c(S(N)(=O)=O)c1.I. The van der Waals surface area contributed by atoms with Gasteiger partial charge in [-0.15, -0.1) is 24.0 Å². The van der Waals surface area contributed by atoms with Gasteiger partial charge in [0.15, 0.2) is 5.96 Å². The van der Waals surface area contributed by atoms with Crippen molar-refractivity contribution in [2.75, 3.05) is 26.7 Å². The quantitative estimate of drug-likeness (QED) is 0.364. The zero-order valence-corrected chi connectivity index (χ0v) is 16.8. The van der Waals surface area contributed by atoms with E-state index in [1.165, 1.54) is 13.2 Å². The fourth-order valence-electron chi connectivity index (χ4n) is 2.05. The summed E-state index contributed by atoms with van der Waals surface area (Å²) in [6.45, 7) is 6.08. The smallest absolute Gasteiger partial charge is 0.241 e. The Balaban J connectivity index is 0.00000484. The number of hydrogen-bond acceptors (Lipinski definition) is 4. The lowest BCUT2D eigenvalue weighted by atomic mass is 10.1. The van der Waals surface area contributed by atoms with Crippen LogP contribution in [0.1, 0.15) is 19.4 Å². The highest BCUT2D eigenvalue weighted by Gasteiger charge is 2.15. The third-order valence-corrected chi connectivity index (χ3v) is 4.23. The number of sulfonamides is 1. The Morgan fingerprint density at radius 2 is 1.91 bits per heavy atom. The predicted molar refractivity (Wildman–Crippen MR) is 103 cm³/mol. The molecule has 4 N–H and O–H groups in total. The molecule has 7 nitrogen and oxygen atoms in total. The van der Waals surface area contributed by atoms with E-state index >= 15 is 0 Å². The number of hydrogen-bond donors (Lipinski definition) is 2. The topological polar surface area (TPSA) is 111 Å². The van der Waals surface area contributed by atoms with Crippen molar-refractivity contribution in [1.29, 1.82) is 0 Å². The second kappa shape index (κ2) is 9.93. The Morgan fingerprint density at radius 1 is 1.30 bits per heavy atom. The van der Waals surface area contributed by atoms with Crippen molar-refractivity contribution in [3.05, 3.63) is 23.8 Å². The van der Waals surface area contributed by atoms with E-state index in [0.717, 1.165) is 18.7 Å². The first-order valence-electron chi connectivity index (χ1n) is 7.08. The van der Waals surface area contributed by atoms with Gasteiger partial charge in [-0.25, -0.2) is 13.6 Å². The first-order chi connectivity index (χ1) is 10.3. The minimum Gasteiger partial charge on any atom is -0.495 e. The molecular weight excluding hydrogens is 431 g/mol. The van der Waals surface area contributed by atoms with Crippen molar-refractivity contribution in [2.24, 2.45) is 15.9 Å². The van der Waals surface area contributed by atoms with Crippen molar-refractivity contribution in [1.82, 2.24) is 4.90 Å². The maximum Gasteiger partial charge on any atom is 0.241 e. The third kappa shape index (κ3) is 6.51. The van der Waals surface area contributed by atoms with Gasteiger partial charge in [-0.1, -0.05) is 6.07 Å². The van der Waals surface area contributed by atoms with Crippen LogP contribution in [0.4, 0.5) is 0 Å². The molecular formula is C14H25IN4O3S. The lowest BCUT2D eigenvalue weighted by Gasteiger charge is -2.19. The summed E-state index contributed by atoms with van der Waals surface area (Å²) in [5.74, 6) is 0.725. The van der Waals surface area contributed by atoms with E-state index in [2.05, 4.69) is 4.99 Å². The Morgan fingerprint density at radius 3 is 2.39 bits per heavy atom. The molecule has 9 heteroatoms. The third-order valence-electron chi connectivity index (χ3n) is 3.30. The molecule has 0 bridgehead atoms. The van der Waals surface area contributed by atoms with Crippen molar-refractivity contribution in [3.8, 4) is 5.75 Å². The first kappa shape index (κ1) is 21.9. The highest BCUT2D eigenvalue weighted by molar-refractivity contribution is 14.0. The van der Waals surface area contributed by atoms with Crippen LogP contribution in [0.2, 0.25) is 0 Å². The standard InChI is InChI=1S/C14H24N4O3S.HI/c1-4-18(5-2)14(15)17-9-8-11-6-7-12(21-3)13(10-11)22(16,19)20;/h6-7,10H,4-5,8-9H2,1-3H3,(H2,15,17)(H2,16,19,20);1H. The van der Waals surface area contributed by atoms with Gasteiger partial charge in [0.25, 0.3) is 0 Å². The fourth-order valence-corrected chi connectivity index (χ4v) is 2.79. The van der Waals surface area contributed by atoms with E-state index in [-0.39, 0.29) is 34.6 Å². The number of methoxy groups -OCH3 is 1. The van der Waals surface area contributed by atoms with E-state index in [4.69, 9.17) is 15.6 Å². The van der Waals surface area contributed by atoms with Gasteiger partial charge in [-0.2, -0.15) is 0 Å². The molecule has 0 atom stereocenters. The summed E-state index contributed by atoms with van der Waals surface area (Å²) in [7, 11) is -2.42. The predicted octanol–water partition coefficient (Wildman–Crippen LogP) is 1.16. The molecule has 0 aliphatic rings. The van der Waals surface area contributed by atoms with Gasteiger partial charge in [0.2, 0.25) is 10.0 Å². The zero-order chi connectivity index (χ0) is 16.8. The van der Waals surface area contributed by atoms with Gasteiger partial charge in [-0.3, -0.25) is 4.99 Å². The van der Waals surface area contributed by atoms with Crippen LogP contribution in [0.15, 0.2) is 28.1 Å². The van der Waals surface area contributed by atoms with Gasteiger partial charge in [0.1, 0.15) is 10.6 Å². The Kier molecular flexibility index (Phi) is 9.47. The van der Waals surface area contributed by atoms with Crippen LogP contribution in [-0.2, 0) is 16.4 Å². The second-order valence-electron chi connectivity index (χ2n) is 4.69. The lowest BCUT2D eigenvalue weighted by Crippen LogP contribution is -2.37. The van der Waals surface area contributed by atoms with Gasteiger partial charge in [0.05, 0.1) is 7.11 Å². The highest BCUT2D eigenvalue weighted by atomic mass is 127. The molecule has 1 aromatic rings. The number of nitrogens with two attached hydrogens (primary N) is 2. The maximum absolute atomic E-state index is 11.6. The summed E-state index contributed by atoms with van der Waals surface area (Å²) >= 11 is 0. The van der Waals surface area contributed by atoms with Crippen molar-refractivity contribution in [3.63, 3.8) is 0 Å². The normalized spacial score (nSPS) is 11.7. The number of benzene rings is 1. The average molecular weight is 456 g/mol. The van der Waals surface area contributed by atoms with Gasteiger partial charge in [-0.05, 0) is 38.0 Å². The molecule has 0 aliphatic carbocycles. The summed E-state index contributed by atoms with van der Waals surface area (Å²) in [4.78, 5) is 6.23. The van der Waals surface area contributed by atoms with E-state index < -0.39 is 10.0 Å². The molecule has 0 amide bonds. The van der Waals surface area contributed by atoms with Gasteiger partial charge >= 0.3 is 0 Å². The molecule has 0 unspecified atom stereocenters. The molecule has 0 aliphatic heterocycles. The molecule has 132 valence electrons. The highest BCUT2D eigenvalue weighted by Crippen LogP contribution is 2.23. The Bertz CT molecular complexity index is 631. The number of guanidine groups is 1. The molecule has 0 aromatic heterocycles. The van der Waals surface area contributed by atoms with Crippen LogP contribution in [-0.4, -0.2) is 46.0 Å². The number of nitrogens with zero attached hydrogens (tertiary/aromatic N) is 2. The molecule has 1 rings (SSSR count). The number of aliphatic imine (C=N–C) groups is 1. The van der Waals surface area contributed by atoms with Crippen molar-refractivity contribution < 1.29 is 13.2 Å². The molecule has 0 spiro atoms. The molecule has 1 aromatic carbocycles. The van der Waals surface area contributed by atoms with Gasteiger partial charge in [0, 0.05) is 19.6 Å². The van der Waals surface area contributed by atoms with E-state index in [1.54, 1.807) is 12.1 Å². The second-order valence-corrected chi connectivity index (χ2v) is 6.22. The van der Waals surface area contributed by atoms with Gasteiger partial charge < -0.3 is 15.4 Å². The van der Waals surface area contributed by atoms with Crippen LogP contribution in [0.3, 0.4) is 0 Å². The Labute approximate surface area is 155 Å². The van der Waals surface area contributed by atoms with Crippen LogP contribution in [0.25, 0.3) is 0 Å². The maximum atomic E-state index is 11.6. The van der Waals surface area contributed by atoms with Crippen molar-refractivity contribution in [2.45, 2.75) is 25.2 Å². The number of primary sulfonamides is 1. The molecule has 0 fully saturated rings. The number of halogens is 1. The molecule has 23 heavy (non-hydrogen) atoms. The van der Waals surface area contributed by atoms with E-state index in [0.29, 0.717) is 18.9 Å². The summed E-state index contributed by atoms with van der Waals surface area (Å²) in [5, 5.41) is 5.19. The van der Waals surface area contributed by atoms with Crippen LogP contribution in [0, 0.1) is 0 Å². The van der Waals surface area contributed by atoms with Crippen LogP contribution >= 0.6 is 24.0 Å². The summed E-state index contributed by atoms with van der Waals surface area (Å²) in [6, 6.07) is 4.89. The molecule has 0 heterocycles. The number of ether oxygens (including phenoxy) is 1. The van der Waals surface area contributed by atoms with Crippen LogP contribution < -0.4 is 15.6 Å². The molecule has 0 saturated heterocycles. The monoisotopic (exact) mass is 456 g/mol. The zero-order valence-electron chi connectivity index (χ0n) is 13.7. The Hall–Kier alpha value is -1.07. The summed E-state index contributed by atoms with van der Waals surface area (Å²) in [5.41, 5.74) is 6.69. The minimum atomic E-state index is -3.82. The largest absolute Gasteiger partial charge is 0.495 e. The van der Waals surface area contributed by atoms with E-state index in [9.17, 15) is 8.42 Å². The molecule has 0 radical (unpaired) electrons.